The summed E-state index contributed by atoms with van der Waals surface area (Å²) in [5.41, 5.74) is 2.14. The van der Waals surface area contributed by atoms with Crippen molar-refractivity contribution in [2.75, 3.05) is 0 Å². The Labute approximate surface area is 109 Å². The molecule has 90 valence electrons. The highest BCUT2D eigenvalue weighted by atomic mass is 35.5. The number of nitrogens with zero attached hydrogens (tertiary/aromatic N) is 1. The lowest BCUT2D eigenvalue weighted by atomic mass is 10.2. The van der Waals surface area contributed by atoms with Crippen molar-refractivity contribution in [3.8, 4) is 5.75 Å². The third-order valence-electron chi connectivity index (χ3n) is 2.76. The summed E-state index contributed by atoms with van der Waals surface area (Å²) < 4.78 is 5.67. The first-order valence-corrected chi connectivity index (χ1v) is 5.99. The van der Waals surface area contributed by atoms with Gasteiger partial charge >= 0.3 is 0 Å². The summed E-state index contributed by atoms with van der Waals surface area (Å²) in [6.45, 7) is 0.492. The molecule has 4 heteroatoms. The van der Waals surface area contributed by atoms with Crippen molar-refractivity contribution in [1.82, 2.24) is 9.97 Å². The zero-order chi connectivity index (χ0) is 12.4. The number of halogens is 1. The van der Waals surface area contributed by atoms with Crippen LogP contribution in [0.5, 0.6) is 5.75 Å². The van der Waals surface area contributed by atoms with Crippen LogP contribution in [-0.4, -0.2) is 9.97 Å². The molecule has 1 aromatic carbocycles. The quantitative estimate of drug-likeness (QED) is 0.776. The molecule has 0 fully saturated rings. The maximum Gasteiger partial charge on any atom is 0.138 e. The van der Waals surface area contributed by atoms with E-state index in [2.05, 4.69) is 9.97 Å². The van der Waals surface area contributed by atoms with Gasteiger partial charge in [0.25, 0.3) is 0 Å². The van der Waals surface area contributed by atoms with E-state index in [1.165, 1.54) is 0 Å². The molecule has 0 saturated carbocycles. The molecule has 3 rings (SSSR count). The number of benzene rings is 1. The summed E-state index contributed by atoms with van der Waals surface area (Å²) in [6.07, 6.45) is 5.36. The predicted octanol–water partition coefficient (Wildman–Crippen LogP) is 3.80. The third-order valence-corrected chi connectivity index (χ3v) is 2.99. The van der Waals surface area contributed by atoms with Gasteiger partial charge in [-0.1, -0.05) is 11.6 Å². The second-order valence-corrected chi connectivity index (χ2v) is 4.42. The van der Waals surface area contributed by atoms with Crippen LogP contribution in [0.4, 0.5) is 0 Å². The predicted molar refractivity (Wildman–Crippen MR) is 71.9 cm³/mol. The molecule has 18 heavy (non-hydrogen) atoms. The van der Waals surface area contributed by atoms with E-state index in [1.54, 1.807) is 12.4 Å². The molecule has 3 aromatic rings. The molecular formula is C14H11ClN2O. The zero-order valence-corrected chi connectivity index (χ0v) is 10.3. The second kappa shape index (κ2) is 4.70. The molecule has 0 amide bonds. The van der Waals surface area contributed by atoms with Crippen molar-refractivity contribution in [2.45, 2.75) is 6.61 Å². The minimum atomic E-state index is 0.492. The van der Waals surface area contributed by atoms with Gasteiger partial charge in [0, 0.05) is 33.9 Å². The number of nitrogens with one attached hydrogen (secondary N) is 1. The smallest absolute Gasteiger partial charge is 0.138 e. The van der Waals surface area contributed by atoms with Crippen molar-refractivity contribution in [2.24, 2.45) is 0 Å². The van der Waals surface area contributed by atoms with Gasteiger partial charge in [-0.15, -0.1) is 0 Å². The number of hydrogen-bond donors (Lipinski definition) is 1. The fourth-order valence-electron chi connectivity index (χ4n) is 1.86. The molecule has 0 aliphatic heterocycles. The molecule has 1 N–H and O–H groups in total. The molecular weight excluding hydrogens is 248 g/mol. The molecule has 0 unspecified atom stereocenters. The van der Waals surface area contributed by atoms with Gasteiger partial charge in [0.2, 0.25) is 0 Å². The molecule has 0 aliphatic carbocycles. The lowest BCUT2D eigenvalue weighted by Gasteiger charge is -2.04. The third kappa shape index (κ3) is 2.17. The Bertz CT molecular complexity index is 664. The van der Waals surface area contributed by atoms with Gasteiger partial charge in [-0.2, -0.15) is 0 Å². The average molecular weight is 259 g/mol. The van der Waals surface area contributed by atoms with Crippen molar-refractivity contribution in [1.29, 1.82) is 0 Å². The number of pyridine rings is 1. The minimum Gasteiger partial charge on any atom is -0.487 e. The SMILES string of the molecule is Clc1ccc2[nH]cc(COc3cccnc3)c2c1. The van der Waals surface area contributed by atoms with E-state index in [9.17, 15) is 0 Å². The van der Waals surface area contributed by atoms with Crippen LogP contribution in [0, 0.1) is 0 Å². The standard InChI is InChI=1S/C14H11ClN2O/c15-11-3-4-14-13(6-11)10(7-17-14)9-18-12-2-1-5-16-8-12/h1-8,17H,9H2. The number of fused-ring (bicyclic) bond motifs is 1. The van der Waals surface area contributed by atoms with Crippen LogP contribution >= 0.6 is 11.6 Å². The Kier molecular flexibility index (Phi) is 2.90. The summed E-state index contributed by atoms with van der Waals surface area (Å²) in [7, 11) is 0. The Morgan fingerprint density at radius 3 is 3.06 bits per heavy atom. The molecule has 0 spiro atoms. The summed E-state index contributed by atoms with van der Waals surface area (Å²) in [5, 5.41) is 1.82. The molecule has 2 heterocycles. The Morgan fingerprint density at radius 2 is 2.22 bits per heavy atom. The van der Waals surface area contributed by atoms with E-state index >= 15 is 0 Å². The molecule has 0 saturated heterocycles. The first kappa shape index (κ1) is 11.1. The first-order valence-electron chi connectivity index (χ1n) is 5.61. The van der Waals surface area contributed by atoms with Gasteiger partial charge in [-0.3, -0.25) is 4.98 Å². The number of H-pyrrole nitrogens is 1. The molecule has 0 atom stereocenters. The minimum absolute atomic E-state index is 0.492. The van der Waals surface area contributed by atoms with Gasteiger partial charge in [-0.25, -0.2) is 0 Å². The highest BCUT2D eigenvalue weighted by molar-refractivity contribution is 6.31. The van der Waals surface area contributed by atoms with E-state index < -0.39 is 0 Å². The van der Waals surface area contributed by atoms with Crippen LogP contribution in [0.3, 0.4) is 0 Å². The summed E-state index contributed by atoms with van der Waals surface area (Å²) >= 11 is 6.00. The molecule has 2 aromatic heterocycles. The number of aromatic amines is 1. The molecule has 3 nitrogen and oxygen atoms in total. The maximum absolute atomic E-state index is 6.00. The first-order chi connectivity index (χ1) is 8.83. The van der Waals surface area contributed by atoms with Crippen LogP contribution < -0.4 is 4.74 Å². The molecule has 0 bridgehead atoms. The Morgan fingerprint density at radius 1 is 1.28 bits per heavy atom. The van der Waals surface area contributed by atoms with Gasteiger partial charge in [0.15, 0.2) is 0 Å². The number of rotatable bonds is 3. The van der Waals surface area contributed by atoms with Gasteiger partial charge in [-0.05, 0) is 30.3 Å². The van der Waals surface area contributed by atoms with Crippen molar-refractivity contribution in [3.63, 3.8) is 0 Å². The normalized spacial score (nSPS) is 10.7. The largest absolute Gasteiger partial charge is 0.487 e. The molecule has 0 radical (unpaired) electrons. The highest BCUT2D eigenvalue weighted by Gasteiger charge is 2.05. The summed E-state index contributed by atoms with van der Waals surface area (Å²) in [4.78, 5) is 7.20. The van der Waals surface area contributed by atoms with Crippen molar-refractivity contribution < 1.29 is 4.74 Å². The van der Waals surface area contributed by atoms with Gasteiger partial charge < -0.3 is 9.72 Å². The summed E-state index contributed by atoms with van der Waals surface area (Å²) in [6, 6.07) is 9.50. The van der Waals surface area contributed by atoms with Crippen LogP contribution in [-0.2, 0) is 6.61 Å². The van der Waals surface area contributed by atoms with Crippen molar-refractivity contribution in [3.05, 3.63) is 59.5 Å². The number of aromatic nitrogens is 2. The zero-order valence-electron chi connectivity index (χ0n) is 9.56. The van der Waals surface area contributed by atoms with E-state index in [1.807, 2.05) is 36.5 Å². The Hall–Kier alpha value is -2.00. The van der Waals surface area contributed by atoms with Crippen molar-refractivity contribution >= 4 is 22.5 Å². The summed E-state index contributed by atoms with van der Waals surface area (Å²) in [5.74, 6) is 0.758. The van der Waals surface area contributed by atoms with E-state index in [0.29, 0.717) is 6.61 Å². The maximum atomic E-state index is 6.00. The van der Waals surface area contributed by atoms with Crippen LogP contribution in [0.1, 0.15) is 5.56 Å². The molecule has 0 aliphatic rings. The lowest BCUT2D eigenvalue weighted by Crippen LogP contribution is -1.94. The lowest BCUT2D eigenvalue weighted by molar-refractivity contribution is 0.306. The van der Waals surface area contributed by atoms with E-state index in [-0.39, 0.29) is 0 Å². The number of hydrogen-bond acceptors (Lipinski definition) is 2. The van der Waals surface area contributed by atoms with Crippen LogP contribution in [0.2, 0.25) is 5.02 Å². The van der Waals surface area contributed by atoms with Crippen LogP contribution in [0.15, 0.2) is 48.9 Å². The highest BCUT2D eigenvalue weighted by Crippen LogP contribution is 2.23. The second-order valence-electron chi connectivity index (χ2n) is 3.98. The van der Waals surface area contributed by atoms with Gasteiger partial charge in [0.1, 0.15) is 12.4 Å². The van der Waals surface area contributed by atoms with E-state index in [0.717, 1.165) is 27.2 Å². The topological polar surface area (TPSA) is 37.9 Å². The fraction of sp³-hybridized carbons (Fsp3) is 0.0714. The fourth-order valence-corrected chi connectivity index (χ4v) is 2.04. The Balaban J connectivity index is 1.85. The average Bonchev–Trinajstić information content (AvgIpc) is 2.80. The van der Waals surface area contributed by atoms with Crippen LogP contribution in [0.25, 0.3) is 10.9 Å². The van der Waals surface area contributed by atoms with Gasteiger partial charge in [0.05, 0.1) is 6.20 Å². The monoisotopic (exact) mass is 258 g/mol. The number of ether oxygens (including phenoxy) is 1. The van der Waals surface area contributed by atoms with E-state index in [4.69, 9.17) is 16.3 Å².